The Hall–Kier alpha value is -2.36. The molecule has 0 aliphatic heterocycles. The summed E-state index contributed by atoms with van der Waals surface area (Å²) in [4.78, 5) is 4.10. The maximum Gasteiger partial charge on any atom is 0.416 e. The lowest BCUT2D eigenvalue weighted by Crippen LogP contribution is -2.04. The Balaban J connectivity index is 2.07. The molecule has 0 atom stereocenters. The summed E-state index contributed by atoms with van der Waals surface area (Å²) < 4.78 is 37.6. The number of alkyl halides is 3. The van der Waals surface area contributed by atoms with Crippen molar-refractivity contribution in [2.75, 3.05) is 0 Å². The lowest BCUT2D eigenvalue weighted by Gasteiger charge is -2.06. The largest absolute Gasteiger partial charge is 0.416 e. The monoisotopic (exact) mass is 275 g/mol. The molecule has 0 bridgehead atoms. The number of nitrogens with zero attached hydrogens (tertiary/aromatic N) is 1. The summed E-state index contributed by atoms with van der Waals surface area (Å²) in [6, 6.07) is 10.7. The standard InChI is InChI=1S/C16H12F3N/c17-16(18,19)14-8-5-7-13(12-14)6-1-2-9-15-10-3-4-11-20-15/h1-12H/b6-1+,9-2+. The van der Waals surface area contributed by atoms with Crippen LogP contribution in [0.2, 0.25) is 0 Å². The Kier molecular flexibility index (Phi) is 4.35. The molecule has 2 rings (SSSR count). The van der Waals surface area contributed by atoms with Crippen molar-refractivity contribution in [3.05, 3.63) is 77.6 Å². The topological polar surface area (TPSA) is 12.9 Å². The van der Waals surface area contributed by atoms with Crippen LogP contribution < -0.4 is 0 Å². The highest BCUT2D eigenvalue weighted by molar-refractivity contribution is 5.56. The van der Waals surface area contributed by atoms with Gasteiger partial charge >= 0.3 is 6.18 Å². The predicted octanol–water partition coefficient (Wildman–Crippen LogP) is 4.83. The molecule has 102 valence electrons. The van der Waals surface area contributed by atoms with Gasteiger partial charge in [0.2, 0.25) is 0 Å². The average molecular weight is 275 g/mol. The Bertz CT molecular complexity index is 613. The summed E-state index contributed by atoms with van der Waals surface area (Å²) in [6.07, 6.45) is 4.19. The third kappa shape index (κ3) is 4.09. The fourth-order valence-corrected chi connectivity index (χ4v) is 1.61. The van der Waals surface area contributed by atoms with Crippen molar-refractivity contribution in [1.82, 2.24) is 4.98 Å². The molecule has 0 unspecified atom stereocenters. The number of aromatic nitrogens is 1. The molecule has 0 saturated heterocycles. The quantitative estimate of drug-likeness (QED) is 0.731. The molecule has 0 saturated carbocycles. The van der Waals surface area contributed by atoms with E-state index in [0.717, 1.165) is 17.8 Å². The number of benzene rings is 1. The molecular formula is C16H12F3N. The Labute approximate surface area is 115 Å². The van der Waals surface area contributed by atoms with Crippen molar-refractivity contribution < 1.29 is 13.2 Å². The van der Waals surface area contributed by atoms with Crippen molar-refractivity contribution in [3.63, 3.8) is 0 Å². The van der Waals surface area contributed by atoms with Crippen molar-refractivity contribution >= 4 is 12.2 Å². The second-order valence-electron chi connectivity index (χ2n) is 4.10. The molecule has 0 radical (unpaired) electrons. The van der Waals surface area contributed by atoms with Crippen LogP contribution in [-0.2, 0) is 6.18 Å². The van der Waals surface area contributed by atoms with Gasteiger partial charge in [0.1, 0.15) is 0 Å². The van der Waals surface area contributed by atoms with E-state index in [1.54, 1.807) is 36.6 Å². The number of hydrogen-bond acceptors (Lipinski definition) is 1. The molecule has 1 aromatic carbocycles. The highest BCUT2D eigenvalue weighted by atomic mass is 19.4. The Morgan fingerprint density at radius 2 is 1.70 bits per heavy atom. The molecule has 0 fully saturated rings. The van der Waals surface area contributed by atoms with E-state index in [-0.39, 0.29) is 0 Å². The summed E-state index contributed by atoms with van der Waals surface area (Å²) in [5, 5.41) is 0. The molecule has 1 heterocycles. The van der Waals surface area contributed by atoms with Gasteiger partial charge in [-0.1, -0.05) is 36.4 Å². The van der Waals surface area contributed by atoms with Crippen LogP contribution in [0.4, 0.5) is 13.2 Å². The van der Waals surface area contributed by atoms with E-state index in [9.17, 15) is 13.2 Å². The molecule has 1 nitrogen and oxygen atoms in total. The number of hydrogen-bond donors (Lipinski definition) is 0. The second kappa shape index (κ2) is 6.19. The van der Waals surface area contributed by atoms with Gasteiger partial charge in [0.15, 0.2) is 0 Å². The molecule has 0 spiro atoms. The van der Waals surface area contributed by atoms with E-state index >= 15 is 0 Å². The molecule has 0 aliphatic rings. The Morgan fingerprint density at radius 1 is 0.900 bits per heavy atom. The molecular weight excluding hydrogens is 263 g/mol. The van der Waals surface area contributed by atoms with Gasteiger partial charge in [0.25, 0.3) is 0 Å². The first-order valence-corrected chi connectivity index (χ1v) is 5.99. The van der Waals surface area contributed by atoms with Gasteiger partial charge in [-0.3, -0.25) is 4.98 Å². The van der Waals surface area contributed by atoms with Gasteiger partial charge in [-0.05, 0) is 35.9 Å². The van der Waals surface area contributed by atoms with E-state index in [1.165, 1.54) is 6.07 Å². The van der Waals surface area contributed by atoms with Crippen molar-refractivity contribution in [3.8, 4) is 0 Å². The minimum absolute atomic E-state index is 0.505. The number of pyridine rings is 1. The first-order chi connectivity index (χ1) is 9.55. The zero-order chi connectivity index (χ0) is 14.4. The smallest absolute Gasteiger partial charge is 0.257 e. The average Bonchev–Trinajstić information content (AvgIpc) is 2.44. The summed E-state index contributed by atoms with van der Waals surface area (Å²) in [7, 11) is 0. The van der Waals surface area contributed by atoms with E-state index in [1.807, 2.05) is 18.2 Å². The second-order valence-corrected chi connectivity index (χ2v) is 4.10. The van der Waals surface area contributed by atoms with Gasteiger partial charge in [0.05, 0.1) is 11.3 Å². The lowest BCUT2D eigenvalue weighted by molar-refractivity contribution is -0.137. The third-order valence-electron chi connectivity index (χ3n) is 2.57. The third-order valence-corrected chi connectivity index (χ3v) is 2.57. The maximum absolute atomic E-state index is 12.5. The molecule has 1 aromatic heterocycles. The summed E-state index contributed by atoms with van der Waals surface area (Å²) in [5.41, 5.74) is 0.653. The van der Waals surface area contributed by atoms with Crippen LogP contribution in [0, 0.1) is 0 Å². The van der Waals surface area contributed by atoms with E-state index in [4.69, 9.17) is 0 Å². The van der Waals surface area contributed by atoms with E-state index in [0.29, 0.717) is 5.56 Å². The number of halogens is 3. The van der Waals surface area contributed by atoms with Gasteiger partial charge in [-0.15, -0.1) is 0 Å². The minimum atomic E-state index is -4.31. The van der Waals surface area contributed by atoms with Crippen LogP contribution in [0.3, 0.4) is 0 Å². The molecule has 2 aromatic rings. The fourth-order valence-electron chi connectivity index (χ4n) is 1.61. The molecule has 4 heteroatoms. The van der Waals surface area contributed by atoms with Crippen LogP contribution in [0.15, 0.2) is 60.8 Å². The van der Waals surface area contributed by atoms with Gasteiger partial charge in [-0.2, -0.15) is 13.2 Å². The summed E-state index contributed by atoms with van der Waals surface area (Å²) >= 11 is 0. The normalized spacial score (nSPS) is 12.3. The van der Waals surface area contributed by atoms with Gasteiger partial charge in [-0.25, -0.2) is 0 Å². The van der Waals surface area contributed by atoms with Crippen molar-refractivity contribution in [2.45, 2.75) is 6.18 Å². The van der Waals surface area contributed by atoms with E-state index < -0.39 is 11.7 Å². The van der Waals surface area contributed by atoms with Gasteiger partial charge < -0.3 is 0 Å². The van der Waals surface area contributed by atoms with Crippen LogP contribution >= 0.6 is 0 Å². The van der Waals surface area contributed by atoms with E-state index in [2.05, 4.69) is 4.98 Å². The zero-order valence-corrected chi connectivity index (χ0v) is 10.5. The molecule has 0 N–H and O–H groups in total. The van der Waals surface area contributed by atoms with Crippen LogP contribution in [0.5, 0.6) is 0 Å². The van der Waals surface area contributed by atoms with Gasteiger partial charge in [0, 0.05) is 6.20 Å². The van der Waals surface area contributed by atoms with Crippen LogP contribution in [0.1, 0.15) is 16.8 Å². The first-order valence-electron chi connectivity index (χ1n) is 5.99. The highest BCUT2D eigenvalue weighted by Crippen LogP contribution is 2.29. The molecule has 0 aliphatic carbocycles. The summed E-state index contributed by atoms with van der Waals surface area (Å²) in [5.74, 6) is 0. The van der Waals surface area contributed by atoms with Crippen LogP contribution in [0.25, 0.3) is 12.2 Å². The number of allylic oxidation sites excluding steroid dienone is 2. The zero-order valence-electron chi connectivity index (χ0n) is 10.5. The van der Waals surface area contributed by atoms with Crippen LogP contribution in [-0.4, -0.2) is 4.98 Å². The fraction of sp³-hybridized carbons (Fsp3) is 0.0625. The highest BCUT2D eigenvalue weighted by Gasteiger charge is 2.30. The minimum Gasteiger partial charge on any atom is -0.257 e. The first kappa shape index (κ1) is 14.1. The van der Waals surface area contributed by atoms with Crippen molar-refractivity contribution in [2.24, 2.45) is 0 Å². The summed E-state index contributed by atoms with van der Waals surface area (Å²) in [6.45, 7) is 0. The molecule has 20 heavy (non-hydrogen) atoms. The SMILES string of the molecule is FC(F)(F)c1cccc(/C=C/C=C/c2ccccn2)c1. The maximum atomic E-state index is 12.5. The molecule has 0 amide bonds. The predicted molar refractivity (Wildman–Crippen MR) is 73.7 cm³/mol. The number of rotatable bonds is 3. The lowest BCUT2D eigenvalue weighted by atomic mass is 10.1. The Morgan fingerprint density at radius 3 is 2.40 bits per heavy atom. The van der Waals surface area contributed by atoms with Crippen molar-refractivity contribution in [1.29, 1.82) is 0 Å².